The fraction of sp³-hybridized carbons (Fsp3) is 0.250. The first-order chi connectivity index (χ1) is 15.2. The fourth-order valence-electron chi connectivity index (χ4n) is 3.38. The van der Waals surface area contributed by atoms with E-state index in [2.05, 4.69) is 30.5 Å². The van der Waals surface area contributed by atoms with Crippen molar-refractivity contribution in [3.63, 3.8) is 0 Å². The SMILES string of the molecule is O=C(Nc1nnc(N2CCOCC2)s1)c1nn(Cc2ccccc2F)c2ncccc12. The van der Waals surface area contributed by atoms with Gasteiger partial charge >= 0.3 is 0 Å². The smallest absolute Gasteiger partial charge is 0.278 e. The van der Waals surface area contributed by atoms with Gasteiger partial charge in [-0.1, -0.05) is 29.5 Å². The van der Waals surface area contributed by atoms with E-state index in [1.54, 1.807) is 36.5 Å². The van der Waals surface area contributed by atoms with Gasteiger partial charge in [0, 0.05) is 24.8 Å². The van der Waals surface area contributed by atoms with E-state index in [-0.39, 0.29) is 18.1 Å². The van der Waals surface area contributed by atoms with Crippen molar-refractivity contribution in [2.45, 2.75) is 6.54 Å². The van der Waals surface area contributed by atoms with Crippen LogP contribution in [-0.4, -0.2) is 57.2 Å². The molecule has 0 aliphatic carbocycles. The molecule has 0 saturated carbocycles. The van der Waals surface area contributed by atoms with Crippen LogP contribution in [-0.2, 0) is 11.3 Å². The van der Waals surface area contributed by atoms with Crippen LogP contribution in [0.4, 0.5) is 14.7 Å². The first-order valence-corrected chi connectivity index (χ1v) is 10.5. The van der Waals surface area contributed by atoms with E-state index in [1.807, 2.05) is 0 Å². The minimum atomic E-state index is -0.421. The lowest BCUT2D eigenvalue weighted by atomic mass is 10.2. The largest absolute Gasteiger partial charge is 0.378 e. The Bertz CT molecular complexity index is 1240. The maximum atomic E-state index is 14.1. The molecule has 1 aliphatic heterocycles. The molecule has 4 aromatic rings. The number of halogens is 1. The quantitative estimate of drug-likeness (QED) is 0.510. The number of fused-ring (bicyclic) bond motifs is 1. The molecule has 1 aliphatic rings. The van der Waals surface area contributed by atoms with E-state index in [4.69, 9.17) is 4.74 Å². The minimum absolute atomic E-state index is 0.160. The average molecular weight is 439 g/mol. The van der Waals surface area contributed by atoms with Gasteiger partial charge in [-0.05, 0) is 18.2 Å². The molecule has 1 saturated heterocycles. The van der Waals surface area contributed by atoms with Crippen molar-refractivity contribution in [3.05, 3.63) is 59.7 Å². The Morgan fingerprint density at radius 1 is 1.16 bits per heavy atom. The van der Waals surface area contributed by atoms with Crippen molar-refractivity contribution in [1.82, 2.24) is 25.0 Å². The number of nitrogens with zero attached hydrogens (tertiary/aromatic N) is 6. The molecule has 0 bridgehead atoms. The molecule has 0 unspecified atom stereocenters. The number of amides is 1. The summed E-state index contributed by atoms with van der Waals surface area (Å²) in [5.41, 5.74) is 1.16. The van der Waals surface area contributed by atoms with Gasteiger partial charge in [0.15, 0.2) is 11.3 Å². The first-order valence-electron chi connectivity index (χ1n) is 9.71. The van der Waals surface area contributed by atoms with Gasteiger partial charge in [0.05, 0.1) is 25.1 Å². The molecule has 0 spiro atoms. The zero-order valence-electron chi connectivity index (χ0n) is 16.4. The number of morpholine rings is 1. The third kappa shape index (κ3) is 3.97. The van der Waals surface area contributed by atoms with Crippen LogP contribution in [0.1, 0.15) is 16.1 Å². The van der Waals surface area contributed by atoms with Crippen LogP contribution >= 0.6 is 11.3 Å². The Labute approximate surface area is 180 Å². The molecule has 0 atom stereocenters. The molecule has 0 radical (unpaired) electrons. The van der Waals surface area contributed by atoms with Crippen molar-refractivity contribution >= 4 is 38.5 Å². The molecular formula is C20H18FN7O2S. The highest BCUT2D eigenvalue weighted by atomic mass is 32.1. The lowest BCUT2D eigenvalue weighted by molar-refractivity contribution is 0.102. The lowest BCUT2D eigenvalue weighted by Gasteiger charge is -2.25. The predicted molar refractivity (Wildman–Crippen MR) is 114 cm³/mol. The molecule has 5 rings (SSSR count). The van der Waals surface area contributed by atoms with Crippen molar-refractivity contribution in [3.8, 4) is 0 Å². The van der Waals surface area contributed by atoms with Gasteiger partial charge in [0.25, 0.3) is 5.91 Å². The first kappa shape index (κ1) is 19.5. The van der Waals surface area contributed by atoms with Crippen molar-refractivity contribution < 1.29 is 13.9 Å². The van der Waals surface area contributed by atoms with E-state index >= 15 is 0 Å². The molecule has 1 aromatic carbocycles. The molecular weight excluding hydrogens is 421 g/mol. The summed E-state index contributed by atoms with van der Waals surface area (Å²) in [6, 6.07) is 9.96. The molecule has 3 aromatic heterocycles. The second kappa shape index (κ2) is 8.36. The second-order valence-corrected chi connectivity index (χ2v) is 7.87. The third-order valence-corrected chi connectivity index (χ3v) is 5.82. The van der Waals surface area contributed by atoms with Crippen LogP contribution in [0.5, 0.6) is 0 Å². The van der Waals surface area contributed by atoms with Crippen molar-refractivity contribution in [1.29, 1.82) is 0 Å². The van der Waals surface area contributed by atoms with Crippen LogP contribution in [0.25, 0.3) is 11.0 Å². The van der Waals surface area contributed by atoms with E-state index < -0.39 is 5.91 Å². The van der Waals surface area contributed by atoms with Crippen LogP contribution < -0.4 is 10.2 Å². The van der Waals surface area contributed by atoms with E-state index in [0.29, 0.717) is 34.9 Å². The van der Waals surface area contributed by atoms with E-state index in [9.17, 15) is 9.18 Å². The number of rotatable bonds is 5. The standard InChI is InChI=1S/C20H18FN7O2S/c21-15-6-2-1-4-13(15)12-28-17-14(5-3-7-22-17)16(26-28)18(29)23-19-24-25-20(31-19)27-8-10-30-11-9-27/h1-7H,8-12H2,(H,23,24,29). The van der Waals surface area contributed by atoms with Gasteiger partial charge in [0.2, 0.25) is 10.3 Å². The molecule has 1 fully saturated rings. The monoisotopic (exact) mass is 439 g/mol. The van der Waals surface area contributed by atoms with Gasteiger partial charge in [-0.3, -0.25) is 10.1 Å². The molecule has 1 N–H and O–H groups in total. The summed E-state index contributed by atoms with van der Waals surface area (Å²) in [6.07, 6.45) is 1.61. The highest BCUT2D eigenvalue weighted by molar-refractivity contribution is 7.19. The summed E-state index contributed by atoms with van der Waals surface area (Å²) in [5.74, 6) is -0.757. The molecule has 4 heterocycles. The zero-order chi connectivity index (χ0) is 21.2. The van der Waals surface area contributed by atoms with Crippen LogP contribution in [0.15, 0.2) is 42.6 Å². The summed E-state index contributed by atoms with van der Waals surface area (Å²) in [5, 5.41) is 17.1. The normalized spacial score (nSPS) is 14.2. The highest BCUT2D eigenvalue weighted by Gasteiger charge is 2.21. The van der Waals surface area contributed by atoms with E-state index in [1.165, 1.54) is 22.1 Å². The number of nitrogens with one attached hydrogen (secondary N) is 1. The number of ether oxygens (including phenoxy) is 1. The Morgan fingerprint density at radius 3 is 2.84 bits per heavy atom. The molecule has 9 nitrogen and oxygen atoms in total. The Kier molecular flexibility index (Phi) is 5.26. The van der Waals surface area contributed by atoms with Crippen LogP contribution in [0, 0.1) is 5.82 Å². The highest BCUT2D eigenvalue weighted by Crippen LogP contribution is 2.26. The number of carbonyl (C=O) groups is 1. The second-order valence-electron chi connectivity index (χ2n) is 6.92. The molecule has 1 amide bonds. The summed E-state index contributed by atoms with van der Waals surface area (Å²) in [4.78, 5) is 19.4. The Balaban J connectivity index is 1.40. The fourth-order valence-corrected chi connectivity index (χ4v) is 4.17. The van der Waals surface area contributed by atoms with Crippen LogP contribution in [0.3, 0.4) is 0 Å². The summed E-state index contributed by atoms with van der Waals surface area (Å²) in [7, 11) is 0. The molecule has 11 heteroatoms. The number of pyridine rings is 1. The molecule has 158 valence electrons. The van der Waals surface area contributed by atoms with Gasteiger partial charge in [0.1, 0.15) is 5.82 Å². The minimum Gasteiger partial charge on any atom is -0.378 e. The summed E-state index contributed by atoms with van der Waals surface area (Å²) in [6.45, 7) is 2.91. The maximum Gasteiger partial charge on any atom is 0.278 e. The number of anilines is 2. The average Bonchev–Trinajstić information content (AvgIpc) is 3.41. The zero-order valence-corrected chi connectivity index (χ0v) is 17.2. The Morgan fingerprint density at radius 2 is 2.00 bits per heavy atom. The van der Waals surface area contributed by atoms with Gasteiger partial charge < -0.3 is 9.64 Å². The topological polar surface area (TPSA) is 98.1 Å². The molecule has 31 heavy (non-hydrogen) atoms. The Hall–Kier alpha value is -3.44. The summed E-state index contributed by atoms with van der Waals surface area (Å²) >= 11 is 1.30. The van der Waals surface area contributed by atoms with Gasteiger partial charge in [-0.25, -0.2) is 14.1 Å². The number of hydrogen-bond donors (Lipinski definition) is 1. The predicted octanol–water partition coefficient (Wildman–Crippen LogP) is 2.56. The van der Waals surface area contributed by atoms with Gasteiger partial charge in [-0.2, -0.15) is 5.10 Å². The van der Waals surface area contributed by atoms with Crippen molar-refractivity contribution in [2.24, 2.45) is 0 Å². The summed E-state index contributed by atoms with van der Waals surface area (Å²) < 4.78 is 21.0. The van der Waals surface area contributed by atoms with Crippen molar-refractivity contribution in [2.75, 3.05) is 36.5 Å². The van der Waals surface area contributed by atoms with Crippen LogP contribution in [0.2, 0.25) is 0 Å². The van der Waals surface area contributed by atoms with E-state index in [0.717, 1.165) is 18.2 Å². The third-order valence-electron chi connectivity index (χ3n) is 4.92. The number of aromatic nitrogens is 5. The number of hydrogen-bond acceptors (Lipinski definition) is 8. The lowest BCUT2D eigenvalue weighted by Crippen LogP contribution is -2.36. The van der Waals surface area contributed by atoms with Gasteiger partial charge in [-0.15, -0.1) is 10.2 Å². The number of benzene rings is 1. The number of carbonyl (C=O) groups excluding carboxylic acids is 1. The maximum absolute atomic E-state index is 14.1.